The molecule has 0 amide bonds. The summed E-state index contributed by atoms with van der Waals surface area (Å²) in [6.07, 6.45) is 6.24. The van der Waals surface area contributed by atoms with Gasteiger partial charge in [0.05, 0.1) is 6.10 Å². The monoisotopic (exact) mass is 265 g/mol. The summed E-state index contributed by atoms with van der Waals surface area (Å²) in [4.78, 5) is 0. The van der Waals surface area contributed by atoms with Crippen molar-refractivity contribution in [2.45, 2.75) is 44.1 Å². The van der Waals surface area contributed by atoms with Crippen LogP contribution >= 0.6 is 0 Å². The van der Waals surface area contributed by atoms with Gasteiger partial charge in [0.15, 0.2) is 0 Å². The highest BCUT2D eigenvalue weighted by molar-refractivity contribution is 5.21. The number of hydrogen-bond donors (Lipinski definition) is 1. The molecule has 0 spiro atoms. The summed E-state index contributed by atoms with van der Waals surface area (Å²) in [5.41, 5.74) is 1.10. The minimum absolute atomic E-state index is 0.141. The highest BCUT2D eigenvalue weighted by Crippen LogP contribution is 2.25. The number of nitrogens with one attached hydrogen (secondary N) is 1. The van der Waals surface area contributed by atoms with Gasteiger partial charge in [0.2, 0.25) is 0 Å². The zero-order valence-electron chi connectivity index (χ0n) is 11.7. The molecule has 1 aliphatic heterocycles. The lowest BCUT2D eigenvalue weighted by Crippen LogP contribution is -2.18. The summed E-state index contributed by atoms with van der Waals surface area (Å²) in [5.74, 6) is 0.250. The number of hydrogen-bond acceptors (Lipinski definition) is 2. The lowest BCUT2D eigenvalue weighted by atomic mass is 9.92. The van der Waals surface area contributed by atoms with E-state index in [9.17, 15) is 4.39 Å². The quantitative estimate of drug-likeness (QED) is 0.815. The van der Waals surface area contributed by atoms with Crippen LogP contribution in [0.5, 0.6) is 0 Å². The average Bonchev–Trinajstić information content (AvgIpc) is 2.91. The van der Waals surface area contributed by atoms with Crippen molar-refractivity contribution >= 4 is 0 Å². The van der Waals surface area contributed by atoms with Gasteiger partial charge in [-0.3, -0.25) is 0 Å². The Labute approximate surface area is 115 Å². The number of halogens is 1. The Morgan fingerprint density at radius 3 is 3.05 bits per heavy atom. The number of rotatable bonds is 7. The van der Waals surface area contributed by atoms with E-state index in [2.05, 4.69) is 5.32 Å². The van der Waals surface area contributed by atoms with Crippen LogP contribution in [-0.2, 0) is 4.74 Å². The fourth-order valence-corrected chi connectivity index (χ4v) is 2.86. The molecule has 1 heterocycles. The molecule has 0 bridgehead atoms. The lowest BCUT2D eigenvalue weighted by molar-refractivity contribution is 0.101. The van der Waals surface area contributed by atoms with Gasteiger partial charge >= 0.3 is 0 Å². The van der Waals surface area contributed by atoms with E-state index in [1.807, 2.05) is 13.1 Å². The summed E-state index contributed by atoms with van der Waals surface area (Å²) in [6, 6.07) is 6.99. The summed E-state index contributed by atoms with van der Waals surface area (Å²) < 4.78 is 18.9. The Kier molecular flexibility index (Phi) is 5.80. The largest absolute Gasteiger partial charge is 0.378 e. The predicted octanol–water partition coefficient (Wildman–Crippen LogP) is 3.48. The predicted molar refractivity (Wildman–Crippen MR) is 75.9 cm³/mol. The van der Waals surface area contributed by atoms with E-state index in [0.717, 1.165) is 38.0 Å². The molecule has 19 heavy (non-hydrogen) atoms. The third kappa shape index (κ3) is 4.59. The van der Waals surface area contributed by atoms with Crippen molar-refractivity contribution in [1.82, 2.24) is 5.32 Å². The Bertz CT molecular complexity index is 377. The SMILES string of the molecule is CNCC(CCCC1CCCO1)c1cccc(F)c1. The van der Waals surface area contributed by atoms with Crippen LogP contribution in [0.1, 0.15) is 43.6 Å². The molecule has 1 N–H and O–H groups in total. The highest BCUT2D eigenvalue weighted by Gasteiger charge is 2.17. The molecule has 1 saturated heterocycles. The van der Waals surface area contributed by atoms with Crippen molar-refractivity contribution in [1.29, 1.82) is 0 Å². The summed E-state index contributed by atoms with van der Waals surface area (Å²) >= 11 is 0. The van der Waals surface area contributed by atoms with Crippen LogP contribution in [0.25, 0.3) is 0 Å². The van der Waals surface area contributed by atoms with Crippen molar-refractivity contribution in [2.24, 2.45) is 0 Å². The van der Waals surface area contributed by atoms with Crippen molar-refractivity contribution in [3.8, 4) is 0 Å². The van der Waals surface area contributed by atoms with Crippen LogP contribution in [-0.4, -0.2) is 26.3 Å². The average molecular weight is 265 g/mol. The molecular weight excluding hydrogens is 241 g/mol. The van der Waals surface area contributed by atoms with Crippen molar-refractivity contribution in [3.63, 3.8) is 0 Å². The second-order valence-corrected chi connectivity index (χ2v) is 5.38. The maximum atomic E-state index is 13.3. The van der Waals surface area contributed by atoms with Crippen LogP contribution in [0.3, 0.4) is 0 Å². The normalized spacial score (nSPS) is 20.6. The van der Waals surface area contributed by atoms with Crippen LogP contribution in [0, 0.1) is 5.82 Å². The van der Waals surface area contributed by atoms with Crippen LogP contribution < -0.4 is 5.32 Å². The van der Waals surface area contributed by atoms with Gasteiger partial charge in [-0.15, -0.1) is 0 Å². The van der Waals surface area contributed by atoms with Gasteiger partial charge in [0.1, 0.15) is 5.82 Å². The zero-order chi connectivity index (χ0) is 13.5. The maximum Gasteiger partial charge on any atom is 0.123 e. The lowest BCUT2D eigenvalue weighted by Gasteiger charge is -2.18. The third-order valence-electron chi connectivity index (χ3n) is 3.87. The van der Waals surface area contributed by atoms with Gasteiger partial charge in [-0.05, 0) is 56.3 Å². The molecule has 0 radical (unpaired) electrons. The zero-order valence-corrected chi connectivity index (χ0v) is 11.7. The molecule has 1 aromatic carbocycles. The van der Waals surface area contributed by atoms with E-state index in [-0.39, 0.29) is 5.82 Å². The van der Waals surface area contributed by atoms with Gasteiger partial charge in [-0.2, -0.15) is 0 Å². The van der Waals surface area contributed by atoms with Gasteiger partial charge in [-0.25, -0.2) is 4.39 Å². The van der Waals surface area contributed by atoms with Crippen LogP contribution in [0.15, 0.2) is 24.3 Å². The second-order valence-electron chi connectivity index (χ2n) is 5.38. The summed E-state index contributed by atoms with van der Waals surface area (Å²) in [6.45, 7) is 1.82. The summed E-state index contributed by atoms with van der Waals surface area (Å²) in [7, 11) is 1.95. The van der Waals surface area contributed by atoms with E-state index < -0.39 is 0 Å². The fraction of sp³-hybridized carbons (Fsp3) is 0.625. The molecule has 2 unspecified atom stereocenters. The molecule has 1 aliphatic rings. The topological polar surface area (TPSA) is 21.3 Å². The van der Waals surface area contributed by atoms with Gasteiger partial charge in [-0.1, -0.05) is 18.6 Å². The van der Waals surface area contributed by atoms with E-state index in [1.54, 1.807) is 12.1 Å². The Morgan fingerprint density at radius 2 is 2.37 bits per heavy atom. The molecule has 2 nitrogen and oxygen atoms in total. The first-order valence-corrected chi connectivity index (χ1v) is 7.31. The van der Waals surface area contributed by atoms with Gasteiger partial charge in [0.25, 0.3) is 0 Å². The number of benzene rings is 1. The van der Waals surface area contributed by atoms with Crippen molar-refractivity contribution in [2.75, 3.05) is 20.2 Å². The first-order valence-electron chi connectivity index (χ1n) is 7.31. The minimum atomic E-state index is -0.141. The van der Waals surface area contributed by atoms with Crippen molar-refractivity contribution < 1.29 is 9.13 Å². The Morgan fingerprint density at radius 1 is 1.47 bits per heavy atom. The van der Waals surface area contributed by atoms with Crippen LogP contribution in [0.4, 0.5) is 4.39 Å². The molecule has 106 valence electrons. The Balaban J connectivity index is 1.84. The van der Waals surface area contributed by atoms with E-state index in [4.69, 9.17) is 4.74 Å². The Hall–Kier alpha value is -0.930. The van der Waals surface area contributed by atoms with Gasteiger partial charge in [0, 0.05) is 13.2 Å². The van der Waals surface area contributed by atoms with E-state index in [1.165, 1.54) is 18.9 Å². The minimum Gasteiger partial charge on any atom is -0.378 e. The molecule has 0 aromatic heterocycles. The second kappa shape index (κ2) is 7.61. The molecule has 1 fully saturated rings. The fourth-order valence-electron chi connectivity index (χ4n) is 2.86. The molecular formula is C16H24FNO. The molecule has 2 atom stereocenters. The highest BCUT2D eigenvalue weighted by atomic mass is 19.1. The number of likely N-dealkylation sites (N-methyl/N-ethyl adjacent to an activating group) is 1. The van der Waals surface area contributed by atoms with E-state index in [0.29, 0.717) is 12.0 Å². The molecule has 0 aliphatic carbocycles. The smallest absolute Gasteiger partial charge is 0.123 e. The molecule has 1 aromatic rings. The first kappa shape index (κ1) is 14.5. The molecule has 0 saturated carbocycles. The molecule has 2 rings (SSSR count). The number of ether oxygens (including phenoxy) is 1. The van der Waals surface area contributed by atoms with Crippen molar-refractivity contribution in [3.05, 3.63) is 35.6 Å². The van der Waals surface area contributed by atoms with E-state index >= 15 is 0 Å². The standard InChI is InChI=1S/C16H24FNO/c1-18-12-14(13-5-2-7-15(17)11-13)6-3-8-16-9-4-10-19-16/h2,5,7,11,14,16,18H,3-4,6,8-10,12H2,1H3. The van der Waals surface area contributed by atoms with Gasteiger partial charge < -0.3 is 10.1 Å². The maximum absolute atomic E-state index is 13.3. The summed E-state index contributed by atoms with van der Waals surface area (Å²) in [5, 5.41) is 3.21. The molecule has 3 heteroatoms. The third-order valence-corrected chi connectivity index (χ3v) is 3.87. The first-order chi connectivity index (χ1) is 9.29. The van der Waals surface area contributed by atoms with Crippen LogP contribution in [0.2, 0.25) is 0 Å².